The van der Waals surface area contributed by atoms with Gasteiger partial charge in [0.25, 0.3) is 0 Å². The molecule has 0 aliphatic rings. The Kier molecular flexibility index (Phi) is 4.85. The van der Waals surface area contributed by atoms with Crippen LogP contribution in [0.3, 0.4) is 0 Å². The molecule has 8 heteroatoms. The van der Waals surface area contributed by atoms with Gasteiger partial charge in [0.2, 0.25) is 0 Å². The average molecular weight is 319 g/mol. The summed E-state index contributed by atoms with van der Waals surface area (Å²) in [5.41, 5.74) is 1.00. The van der Waals surface area contributed by atoms with E-state index >= 15 is 0 Å². The zero-order chi connectivity index (χ0) is 17.0. The predicted octanol–water partition coefficient (Wildman–Crippen LogP) is 3.17. The number of aryl methyl sites for hydroxylation is 1. The Bertz CT molecular complexity index is 726. The lowest BCUT2D eigenvalue weighted by Crippen LogP contribution is -2.30. The number of nitro groups is 1. The fourth-order valence-electron chi connectivity index (χ4n) is 2.03. The molecule has 0 aliphatic heterocycles. The van der Waals surface area contributed by atoms with Crippen LogP contribution in [0, 0.1) is 17.0 Å². The molecule has 0 fully saturated rings. The highest BCUT2D eigenvalue weighted by atomic mass is 16.6. The molecule has 1 heterocycles. The number of amides is 2. The minimum Gasteiger partial charge on any atom is -0.490 e. The standard InChI is InChI=1S/C15H17N3O5/c1-10-11(6-7-23-10)9-17(2)15(19)16-12-4-5-14(22-3)13(8-12)18(20)21/h4-8H,9H2,1-3H3,(H,16,19). The summed E-state index contributed by atoms with van der Waals surface area (Å²) in [5, 5.41) is 13.6. The van der Waals surface area contributed by atoms with E-state index in [2.05, 4.69) is 5.32 Å². The number of nitrogens with one attached hydrogen (secondary N) is 1. The zero-order valence-corrected chi connectivity index (χ0v) is 13.0. The summed E-state index contributed by atoms with van der Waals surface area (Å²) in [6.45, 7) is 2.18. The van der Waals surface area contributed by atoms with Gasteiger partial charge in [0.1, 0.15) is 5.76 Å². The van der Waals surface area contributed by atoms with Crippen LogP contribution < -0.4 is 10.1 Å². The van der Waals surface area contributed by atoms with Crippen LogP contribution in [0.2, 0.25) is 0 Å². The Morgan fingerprint density at radius 3 is 2.74 bits per heavy atom. The van der Waals surface area contributed by atoms with Crippen molar-refractivity contribution >= 4 is 17.4 Å². The second kappa shape index (κ2) is 6.82. The first-order valence-corrected chi connectivity index (χ1v) is 6.80. The molecule has 2 aromatic rings. The summed E-state index contributed by atoms with van der Waals surface area (Å²) in [6, 6.07) is 5.64. The molecule has 0 saturated heterocycles. The molecule has 0 spiro atoms. The van der Waals surface area contributed by atoms with Crippen molar-refractivity contribution in [2.45, 2.75) is 13.5 Å². The lowest BCUT2D eigenvalue weighted by molar-refractivity contribution is -0.385. The van der Waals surface area contributed by atoms with Gasteiger partial charge in [-0.3, -0.25) is 10.1 Å². The summed E-state index contributed by atoms with van der Waals surface area (Å²) >= 11 is 0. The SMILES string of the molecule is COc1ccc(NC(=O)N(C)Cc2ccoc2C)cc1[N+](=O)[O-]. The first-order chi connectivity index (χ1) is 10.9. The minimum atomic E-state index is -0.562. The van der Waals surface area contributed by atoms with E-state index in [0.29, 0.717) is 12.2 Å². The van der Waals surface area contributed by atoms with E-state index in [9.17, 15) is 14.9 Å². The molecule has 1 aromatic carbocycles. The van der Waals surface area contributed by atoms with Crippen LogP contribution in [0.25, 0.3) is 0 Å². The smallest absolute Gasteiger partial charge is 0.321 e. The number of methoxy groups -OCH3 is 1. The van der Waals surface area contributed by atoms with Crippen molar-refractivity contribution in [1.82, 2.24) is 4.90 Å². The van der Waals surface area contributed by atoms with Gasteiger partial charge in [-0.05, 0) is 25.1 Å². The molecular weight excluding hydrogens is 302 g/mol. The molecule has 0 radical (unpaired) electrons. The number of hydrogen-bond donors (Lipinski definition) is 1. The number of anilines is 1. The van der Waals surface area contributed by atoms with Crippen LogP contribution in [0.15, 0.2) is 34.9 Å². The molecule has 1 N–H and O–H groups in total. The van der Waals surface area contributed by atoms with Gasteiger partial charge in [-0.25, -0.2) is 4.79 Å². The number of nitro benzene ring substituents is 1. The molecule has 0 atom stereocenters. The molecule has 122 valence electrons. The van der Waals surface area contributed by atoms with Crippen LogP contribution in [-0.4, -0.2) is 30.0 Å². The normalized spacial score (nSPS) is 10.2. The number of furan rings is 1. The van der Waals surface area contributed by atoms with Crippen molar-refractivity contribution in [3.05, 3.63) is 52.0 Å². The first kappa shape index (κ1) is 16.3. The maximum absolute atomic E-state index is 12.2. The number of carbonyl (C=O) groups is 1. The van der Waals surface area contributed by atoms with Gasteiger partial charge < -0.3 is 19.4 Å². The third-order valence-electron chi connectivity index (χ3n) is 3.35. The maximum atomic E-state index is 12.2. The third-order valence-corrected chi connectivity index (χ3v) is 3.35. The van der Waals surface area contributed by atoms with E-state index < -0.39 is 4.92 Å². The second-order valence-electron chi connectivity index (χ2n) is 4.93. The number of carbonyl (C=O) groups excluding carboxylic acids is 1. The summed E-state index contributed by atoms with van der Waals surface area (Å²) in [5.74, 6) is 0.875. The highest BCUT2D eigenvalue weighted by molar-refractivity contribution is 5.89. The van der Waals surface area contributed by atoms with Gasteiger partial charge >= 0.3 is 11.7 Å². The van der Waals surface area contributed by atoms with E-state index in [1.54, 1.807) is 25.4 Å². The summed E-state index contributed by atoms with van der Waals surface area (Å²) in [4.78, 5) is 24.1. The number of urea groups is 1. The monoisotopic (exact) mass is 319 g/mol. The van der Waals surface area contributed by atoms with Crippen molar-refractivity contribution in [3.8, 4) is 5.75 Å². The Morgan fingerprint density at radius 2 is 2.17 bits per heavy atom. The van der Waals surface area contributed by atoms with E-state index in [1.807, 2.05) is 6.92 Å². The molecular formula is C15H17N3O5. The van der Waals surface area contributed by atoms with E-state index in [0.717, 1.165) is 11.3 Å². The lowest BCUT2D eigenvalue weighted by Gasteiger charge is -2.17. The molecule has 23 heavy (non-hydrogen) atoms. The van der Waals surface area contributed by atoms with Crippen LogP contribution >= 0.6 is 0 Å². The number of hydrogen-bond acceptors (Lipinski definition) is 5. The van der Waals surface area contributed by atoms with Crippen molar-refractivity contribution in [1.29, 1.82) is 0 Å². The Labute approximate surface area is 132 Å². The Morgan fingerprint density at radius 1 is 1.43 bits per heavy atom. The molecule has 0 aliphatic carbocycles. The van der Waals surface area contributed by atoms with Crippen LogP contribution in [-0.2, 0) is 6.54 Å². The average Bonchev–Trinajstić information content (AvgIpc) is 2.92. The molecule has 2 rings (SSSR count). The highest BCUT2D eigenvalue weighted by Gasteiger charge is 2.17. The molecule has 2 amide bonds. The fraction of sp³-hybridized carbons (Fsp3) is 0.267. The van der Waals surface area contributed by atoms with Gasteiger partial charge in [0, 0.05) is 24.4 Å². The predicted molar refractivity (Wildman–Crippen MR) is 83.6 cm³/mol. The quantitative estimate of drug-likeness (QED) is 0.674. The molecule has 0 bridgehead atoms. The molecule has 0 unspecified atom stereocenters. The van der Waals surface area contributed by atoms with Gasteiger partial charge in [-0.1, -0.05) is 0 Å². The third kappa shape index (κ3) is 3.79. The lowest BCUT2D eigenvalue weighted by atomic mass is 10.2. The number of rotatable bonds is 5. The minimum absolute atomic E-state index is 0.135. The Hall–Kier alpha value is -3.03. The van der Waals surface area contributed by atoms with E-state index in [-0.39, 0.29) is 17.5 Å². The van der Waals surface area contributed by atoms with Crippen LogP contribution in [0.1, 0.15) is 11.3 Å². The maximum Gasteiger partial charge on any atom is 0.321 e. The number of ether oxygens (including phenoxy) is 1. The van der Waals surface area contributed by atoms with Gasteiger partial charge in [-0.2, -0.15) is 0 Å². The van der Waals surface area contributed by atoms with Crippen molar-refractivity contribution in [3.63, 3.8) is 0 Å². The molecule has 0 saturated carbocycles. The summed E-state index contributed by atoms with van der Waals surface area (Å²) < 4.78 is 10.1. The number of nitrogens with zero attached hydrogens (tertiary/aromatic N) is 2. The van der Waals surface area contributed by atoms with Crippen molar-refractivity contribution in [2.24, 2.45) is 0 Å². The largest absolute Gasteiger partial charge is 0.490 e. The number of benzene rings is 1. The van der Waals surface area contributed by atoms with Gasteiger partial charge in [0.05, 0.1) is 24.8 Å². The van der Waals surface area contributed by atoms with Gasteiger partial charge in [-0.15, -0.1) is 0 Å². The van der Waals surface area contributed by atoms with Gasteiger partial charge in [0.15, 0.2) is 5.75 Å². The van der Waals surface area contributed by atoms with Crippen molar-refractivity contribution in [2.75, 3.05) is 19.5 Å². The molecule has 8 nitrogen and oxygen atoms in total. The topological polar surface area (TPSA) is 97.8 Å². The fourth-order valence-corrected chi connectivity index (χ4v) is 2.03. The second-order valence-corrected chi connectivity index (χ2v) is 4.93. The van der Waals surface area contributed by atoms with E-state index in [1.165, 1.54) is 24.1 Å². The first-order valence-electron chi connectivity index (χ1n) is 6.80. The van der Waals surface area contributed by atoms with E-state index in [4.69, 9.17) is 9.15 Å². The van der Waals surface area contributed by atoms with Crippen LogP contribution in [0.5, 0.6) is 5.75 Å². The molecule has 1 aromatic heterocycles. The summed E-state index contributed by atoms with van der Waals surface area (Å²) in [7, 11) is 2.97. The van der Waals surface area contributed by atoms with Crippen LogP contribution in [0.4, 0.5) is 16.2 Å². The zero-order valence-electron chi connectivity index (χ0n) is 13.0. The highest BCUT2D eigenvalue weighted by Crippen LogP contribution is 2.29. The van der Waals surface area contributed by atoms with Crippen molar-refractivity contribution < 1.29 is 18.9 Å². The Balaban J connectivity index is 2.09. The summed E-state index contributed by atoms with van der Waals surface area (Å²) in [6.07, 6.45) is 1.56.